The molecule has 0 bridgehead atoms. The topological polar surface area (TPSA) is 52.0 Å². The molecule has 0 radical (unpaired) electrons. The number of fused-ring (bicyclic) bond motifs is 3. The molecule has 4 N–H and O–H groups in total. The zero-order valence-electron chi connectivity index (χ0n) is 24.7. The van der Waals surface area contributed by atoms with Gasteiger partial charge in [-0.15, -0.1) is 0 Å². The summed E-state index contributed by atoms with van der Waals surface area (Å²) in [5, 5.41) is 7.47. The van der Waals surface area contributed by atoms with Gasteiger partial charge in [-0.05, 0) is 108 Å². The van der Waals surface area contributed by atoms with Crippen molar-refractivity contribution in [2.75, 3.05) is 0 Å². The van der Waals surface area contributed by atoms with Crippen molar-refractivity contribution < 1.29 is 0 Å². The molecule has 0 unspecified atom stereocenters. The highest BCUT2D eigenvalue weighted by Crippen LogP contribution is 2.44. The van der Waals surface area contributed by atoms with E-state index in [-0.39, 0.29) is 0 Å². The minimum absolute atomic E-state index is 0.894. The molecular formula is C41H36N2. The number of nitrogens with two attached hydrogens (primary N) is 2. The van der Waals surface area contributed by atoms with Gasteiger partial charge in [0.2, 0.25) is 0 Å². The monoisotopic (exact) mass is 556 g/mol. The summed E-state index contributed by atoms with van der Waals surface area (Å²) in [6.07, 6.45) is 10.4. The lowest BCUT2D eigenvalue weighted by atomic mass is 9.85. The van der Waals surface area contributed by atoms with E-state index in [9.17, 15) is 0 Å². The first-order chi connectivity index (χ1) is 21.1. The summed E-state index contributed by atoms with van der Waals surface area (Å²) in [6, 6.07) is 41.8. The zero-order valence-corrected chi connectivity index (χ0v) is 24.7. The Balaban J connectivity index is 1.55. The fourth-order valence-corrected chi connectivity index (χ4v) is 6.05. The van der Waals surface area contributed by atoms with Crippen LogP contribution >= 0.6 is 0 Å². The quantitative estimate of drug-likeness (QED) is 0.152. The molecule has 6 aromatic carbocycles. The van der Waals surface area contributed by atoms with Crippen LogP contribution in [0.1, 0.15) is 25.8 Å². The van der Waals surface area contributed by atoms with Gasteiger partial charge in [0.15, 0.2) is 0 Å². The van der Waals surface area contributed by atoms with E-state index in [1.807, 2.05) is 6.08 Å². The minimum Gasteiger partial charge on any atom is -0.404 e. The second-order valence-corrected chi connectivity index (χ2v) is 10.9. The highest BCUT2D eigenvalue weighted by atomic mass is 14.5. The van der Waals surface area contributed by atoms with Gasteiger partial charge < -0.3 is 11.5 Å². The Bertz CT molecular complexity index is 2030. The second-order valence-electron chi connectivity index (χ2n) is 10.9. The van der Waals surface area contributed by atoms with Gasteiger partial charge in [-0.3, -0.25) is 0 Å². The van der Waals surface area contributed by atoms with E-state index in [0.29, 0.717) is 0 Å². The Hall–Kier alpha value is -5.34. The van der Waals surface area contributed by atoms with Crippen molar-refractivity contribution in [2.45, 2.75) is 20.3 Å². The van der Waals surface area contributed by atoms with Gasteiger partial charge in [-0.1, -0.05) is 122 Å². The molecule has 0 fully saturated rings. The third-order valence-corrected chi connectivity index (χ3v) is 8.17. The fraction of sp³-hybridized carbons (Fsp3) is 0.0732. The summed E-state index contributed by atoms with van der Waals surface area (Å²) >= 11 is 0. The van der Waals surface area contributed by atoms with Crippen molar-refractivity contribution in [1.29, 1.82) is 0 Å². The maximum atomic E-state index is 6.05. The molecule has 0 aliphatic carbocycles. The van der Waals surface area contributed by atoms with Crippen LogP contribution in [0.5, 0.6) is 0 Å². The lowest BCUT2D eigenvalue weighted by Gasteiger charge is -2.18. The number of rotatable bonds is 7. The van der Waals surface area contributed by atoms with Gasteiger partial charge in [0.1, 0.15) is 0 Å². The molecule has 0 amide bonds. The van der Waals surface area contributed by atoms with Crippen LogP contribution in [0.4, 0.5) is 0 Å². The molecule has 0 aliphatic heterocycles. The van der Waals surface area contributed by atoms with Crippen LogP contribution in [0.25, 0.3) is 60.1 Å². The molecule has 0 saturated carbocycles. The molecule has 6 aromatic rings. The van der Waals surface area contributed by atoms with Crippen molar-refractivity contribution in [3.05, 3.63) is 163 Å². The van der Waals surface area contributed by atoms with E-state index in [1.54, 1.807) is 12.4 Å². The van der Waals surface area contributed by atoms with Gasteiger partial charge in [0, 0.05) is 12.4 Å². The van der Waals surface area contributed by atoms with Crippen molar-refractivity contribution in [3.8, 4) is 22.3 Å². The molecule has 0 atom stereocenters. The Morgan fingerprint density at radius 2 is 1.14 bits per heavy atom. The van der Waals surface area contributed by atoms with Crippen LogP contribution in [0.2, 0.25) is 0 Å². The normalized spacial score (nSPS) is 13.0. The smallest absolute Gasteiger partial charge is 0.00182 e. The number of hydrogen-bond acceptors (Lipinski definition) is 2. The molecule has 0 spiro atoms. The SMILES string of the molecule is CC\C=C/C(=C\N)C(=C/N)/C=C(\C)c1cccc(-c2c3ccccc3c(-c3ccc4ccccc4c3)c3ccccc23)c1. The molecular weight excluding hydrogens is 520 g/mol. The molecule has 6 rings (SSSR count). The summed E-state index contributed by atoms with van der Waals surface area (Å²) < 4.78 is 0. The molecule has 2 heteroatoms. The van der Waals surface area contributed by atoms with E-state index in [1.165, 1.54) is 54.6 Å². The third kappa shape index (κ3) is 5.36. The first-order valence-electron chi connectivity index (χ1n) is 14.9. The van der Waals surface area contributed by atoms with Crippen molar-refractivity contribution in [1.82, 2.24) is 0 Å². The van der Waals surface area contributed by atoms with Crippen LogP contribution in [0.3, 0.4) is 0 Å². The van der Waals surface area contributed by atoms with E-state index in [4.69, 9.17) is 11.5 Å². The standard InChI is InChI=1S/C41H36N2/c1-3-4-12-34(26-42)35(27-43)23-28(2)30-15-11-16-32(24-30)40-36-17-7-9-19-38(36)41(39-20-10-8-18-37(39)40)33-22-21-29-13-5-6-14-31(29)25-33/h4-27H,3,42-43H2,1-2H3/b12-4-,28-23+,34-26+,35-27+. The minimum atomic E-state index is 0.894. The summed E-state index contributed by atoms with van der Waals surface area (Å²) in [7, 11) is 0. The Kier molecular flexibility index (Phi) is 7.93. The number of hydrogen-bond donors (Lipinski definition) is 2. The highest BCUT2D eigenvalue weighted by molar-refractivity contribution is 6.21. The summed E-state index contributed by atoms with van der Waals surface area (Å²) in [5.41, 5.74) is 21.0. The molecule has 210 valence electrons. The summed E-state index contributed by atoms with van der Waals surface area (Å²) in [6.45, 7) is 4.23. The van der Waals surface area contributed by atoms with E-state index >= 15 is 0 Å². The predicted molar refractivity (Wildman–Crippen MR) is 187 cm³/mol. The molecule has 43 heavy (non-hydrogen) atoms. The first-order valence-corrected chi connectivity index (χ1v) is 14.9. The number of benzene rings is 6. The molecule has 0 heterocycles. The van der Waals surface area contributed by atoms with Gasteiger partial charge in [-0.2, -0.15) is 0 Å². The molecule has 2 nitrogen and oxygen atoms in total. The van der Waals surface area contributed by atoms with Crippen LogP contribution in [-0.2, 0) is 0 Å². The van der Waals surface area contributed by atoms with Crippen LogP contribution in [0.15, 0.2) is 157 Å². The highest BCUT2D eigenvalue weighted by Gasteiger charge is 2.17. The first kappa shape index (κ1) is 27.8. The average Bonchev–Trinajstić information content (AvgIpc) is 3.06. The average molecular weight is 557 g/mol. The Labute approximate surface area is 254 Å². The van der Waals surface area contributed by atoms with E-state index in [2.05, 4.69) is 141 Å². The molecule has 0 saturated heterocycles. The zero-order chi connectivity index (χ0) is 29.8. The fourth-order valence-electron chi connectivity index (χ4n) is 6.05. The maximum Gasteiger partial charge on any atom is 0.00182 e. The summed E-state index contributed by atoms with van der Waals surface area (Å²) in [4.78, 5) is 0. The number of allylic oxidation sites excluding steroid dienone is 6. The maximum absolute atomic E-state index is 6.05. The van der Waals surface area contributed by atoms with Gasteiger partial charge in [0.05, 0.1) is 0 Å². The molecule has 0 aliphatic rings. The molecule has 0 aromatic heterocycles. The lowest BCUT2D eigenvalue weighted by molar-refractivity contribution is 1.22. The van der Waals surface area contributed by atoms with Crippen molar-refractivity contribution >= 4 is 37.9 Å². The van der Waals surface area contributed by atoms with E-state index < -0.39 is 0 Å². The largest absolute Gasteiger partial charge is 0.404 e. The van der Waals surface area contributed by atoms with Gasteiger partial charge >= 0.3 is 0 Å². The Morgan fingerprint density at radius 3 is 1.72 bits per heavy atom. The van der Waals surface area contributed by atoms with Crippen molar-refractivity contribution in [2.24, 2.45) is 11.5 Å². The lowest BCUT2D eigenvalue weighted by Crippen LogP contribution is -1.95. The Morgan fingerprint density at radius 1 is 0.581 bits per heavy atom. The van der Waals surface area contributed by atoms with Crippen molar-refractivity contribution in [3.63, 3.8) is 0 Å². The van der Waals surface area contributed by atoms with Gasteiger partial charge in [0.25, 0.3) is 0 Å². The third-order valence-electron chi connectivity index (χ3n) is 8.17. The van der Waals surface area contributed by atoms with Gasteiger partial charge in [-0.25, -0.2) is 0 Å². The second kappa shape index (κ2) is 12.3. The van der Waals surface area contributed by atoms with Crippen LogP contribution in [0, 0.1) is 0 Å². The van der Waals surface area contributed by atoms with Crippen LogP contribution < -0.4 is 11.5 Å². The summed E-state index contributed by atoms with van der Waals surface area (Å²) in [5.74, 6) is 0. The predicted octanol–water partition coefficient (Wildman–Crippen LogP) is 10.5. The van der Waals surface area contributed by atoms with Crippen LogP contribution in [-0.4, -0.2) is 0 Å². The van der Waals surface area contributed by atoms with E-state index in [0.717, 1.165) is 28.7 Å².